The summed E-state index contributed by atoms with van der Waals surface area (Å²) in [5, 5.41) is 8.25. The molecule has 1 aliphatic rings. The second-order valence-electron chi connectivity index (χ2n) is 7.49. The van der Waals surface area contributed by atoms with Crippen LogP contribution in [0.2, 0.25) is 0 Å². The van der Waals surface area contributed by atoms with Crippen molar-refractivity contribution in [3.05, 3.63) is 52.2 Å². The van der Waals surface area contributed by atoms with Crippen molar-refractivity contribution >= 4 is 34.3 Å². The van der Waals surface area contributed by atoms with Gasteiger partial charge in [0.15, 0.2) is 5.13 Å². The van der Waals surface area contributed by atoms with Crippen LogP contribution in [0.25, 0.3) is 6.08 Å². The minimum atomic E-state index is 0.0107. The van der Waals surface area contributed by atoms with Gasteiger partial charge in [-0.25, -0.2) is 15.0 Å². The van der Waals surface area contributed by atoms with Crippen molar-refractivity contribution in [3.8, 4) is 0 Å². The van der Waals surface area contributed by atoms with E-state index in [4.69, 9.17) is 0 Å². The number of nitrogens with one attached hydrogen (secondary N) is 1. The van der Waals surface area contributed by atoms with Crippen LogP contribution in [0.4, 0.5) is 10.9 Å². The molecule has 3 aromatic heterocycles. The van der Waals surface area contributed by atoms with E-state index >= 15 is 0 Å². The van der Waals surface area contributed by atoms with E-state index in [2.05, 4.69) is 32.3 Å². The molecule has 1 atom stereocenters. The number of carbonyl (C=O) groups excluding carboxylic acids is 1. The Labute approximate surface area is 179 Å². The fourth-order valence-corrected chi connectivity index (χ4v) is 4.33. The first-order valence-electron chi connectivity index (χ1n) is 9.90. The summed E-state index contributed by atoms with van der Waals surface area (Å²) in [5.41, 5.74) is 2.88. The summed E-state index contributed by atoms with van der Waals surface area (Å²) in [4.78, 5) is 29.3. The van der Waals surface area contributed by atoms with Crippen molar-refractivity contribution < 1.29 is 4.79 Å². The van der Waals surface area contributed by atoms with Crippen molar-refractivity contribution in [2.75, 3.05) is 18.4 Å². The predicted molar refractivity (Wildman–Crippen MR) is 118 cm³/mol. The fraction of sp³-hybridized carbons (Fsp3) is 0.381. The molecule has 1 saturated heterocycles. The van der Waals surface area contributed by atoms with Crippen LogP contribution in [-0.2, 0) is 11.8 Å². The molecule has 0 aliphatic carbocycles. The zero-order chi connectivity index (χ0) is 21.3. The largest absolute Gasteiger partial charge is 0.338 e. The Hall–Kier alpha value is -3.07. The van der Waals surface area contributed by atoms with Crippen molar-refractivity contribution in [1.29, 1.82) is 0 Å². The van der Waals surface area contributed by atoms with E-state index in [9.17, 15) is 4.79 Å². The molecule has 0 bridgehead atoms. The molecule has 4 heterocycles. The zero-order valence-electron chi connectivity index (χ0n) is 17.6. The summed E-state index contributed by atoms with van der Waals surface area (Å²) in [6.07, 6.45) is 6.02. The number of likely N-dealkylation sites (tertiary alicyclic amines) is 1. The van der Waals surface area contributed by atoms with Gasteiger partial charge < -0.3 is 10.2 Å². The molecule has 156 valence electrons. The van der Waals surface area contributed by atoms with Gasteiger partial charge in [-0.2, -0.15) is 5.10 Å². The molecule has 4 rings (SSSR count). The summed E-state index contributed by atoms with van der Waals surface area (Å²) >= 11 is 1.61. The summed E-state index contributed by atoms with van der Waals surface area (Å²) in [5.74, 6) is 1.66. The van der Waals surface area contributed by atoms with Gasteiger partial charge in [0, 0.05) is 49.3 Å². The number of aromatic nitrogens is 5. The third kappa shape index (κ3) is 4.40. The highest BCUT2D eigenvalue weighted by molar-refractivity contribution is 7.15. The summed E-state index contributed by atoms with van der Waals surface area (Å²) < 4.78 is 1.74. The monoisotopic (exact) mass is 423 g/mol. The fourth-order valence-electron chi connectivity index (χ4n) is 3.51. The molecule has 1 amide bonds. The van der Waals surface area contributed by atoms with Crippen LogP contribution < -0.4 is 5.32 Å². The topological polar surface area (TPSA) is 88.8 Å². The molecule has 0 spiro atoms. The predicted octanol–water partition coefficient (Wildman–Crippen LogP) is 3.36. The van der Waals surface area contributed by atoms with Crippen molar-refractivity contribution in [3.63, 3.8) is 0 Å². The molecule has 0 unspecified atom stereocenters. The van der Waals surface area contributed by atoms with E-state index in [1.54, 1.807) is 34.4 Å². The molecule has 9 heteroatoms. The number of hydrogen-bond acceptors (Lipinski definition) is 7. The van der Waals surface area contributed by atoms with Crippen LogP contribution in [0, 0.1) is 20.8 Å². The Morgan fingerprint density at radius 3 is 2.80 bits per heavy atom. The maximum absolute atomic E-state index is 12.6. The first-order valence-corrected chi connectivity index (χ1v) is 10.7. The lowest BCUT2D eigenvalue weighted by atomic mass is 10.0. The summed E-state index contributed by atoms with van der Waals surface area (Å²) in [6.45, 7) is 7.32. The highest BCUT2D eigenvalue weighted by Crippen LogP contribution is 2.29. The van der Waals surface area contributed by atoms with Gasteiger partial charge in [0.2, 0.25) is 5.91 Å². The van der Waals surface area contributed by atoms with Gasteiger partial charge in [-0.1, -0.05) is 0 Å². The minimum Gasteiger partial charge on any atom is -0.338 e. The third-order valence-electron chi connectivity index (χ3n) is 5.29. The van der Waals surface area contributed by atoms with Crippen LogP contribution in [-0.4, -0.2) is 48.6 Å². The van der Waals surface area contributed by atoms with Crippen LogP contribution in [0.1, 0.15) is 40.1 Å². The minimum absolute atomic E-state index is 0.0107. The number of hydrogen-bond donors (Lipinski definition) is 1. The number of aryl methyl sites for hydroxylation is 4. The molecular weight excluding hydrogens is 398 g/mol. The van der Waals surface area contributed by atoms with E-state index in [-0.39, 0.29) is 11.8 Å². The first kappa shape index (κ1) is 20.2. The normalized spacial score (nSPS) is 16.5. The quantitative estimate of drug-likeness (QED) is 0.633. The molecule has 0 radical (unpaired) electrons. The maximum Gasteiger partial charge on any atom is 0.246 e. The van der Waals surface area contributed by atoms with Gasteiger partial charge in [0.25, 0.3) is 0 Å². The van der Waals surface area contributed by atoms with Crippen molar-refractivity contribution in [1.82, 2.24) is 29.6 Å². The number of anilines is 2. The maximum atomic E-state index is 12.6. The van der Waals surface area contributed by atoms with Gasteiger partial charge in [-0.15, -0.1) is 11.3 Å². The zero-order valence-corrected chi connectivity index (χ0v) is 18.4. The lowest BCUT2D eigenvalue weighted by Gasteiger charge is -2.15. The number of rotatable bonds is 5. The molecule has 30 heavy (non-hydrogen) atoms. The Morgan fingerprint density at radius 1 is 1.27 bits per heavy atom. The molecule has 1 N–H and O–H groups in total. The third-order valence-corrected chi connectivity index (χ3v) is 6.28. The van der Waals surface area contributed by atoms with Crippen molar-refractivity contribution in [2.45, 2.75) is 33.1 Å². The van der Waals surface area contributed by atoms with Gasteiger partial charge in [0.1, 0.15) is 11.6 Å². The molecule has 1 fully saturated rings. The van der Waals surface area contributed by atoms with E-state index in [1.165, 1.54) is 4.88 Å². The van der Waals surface area contributed by atoms with Gasteiger partial charge in [-0.05, 0) is 39.3 Å². The van der Waals surface area contributed by atoms with Gasteiger partial charge >= 0.3 is 0 Å². The second-order valence-corrected chi connectivity index (χ2v) is 8.70. The highest BCUT2D eigenvalue weighted by atomic mass is 32.1. The average Bonchev–Trinajstić information content (AvgIpc) is 3.41. The van der Waals surface area contributed by atoms with E-state index < -0.39 is 0 Å². The molecule has 3 aromatic rings. The van der Waals surface area contributed by atoms with Crippen LogP contribution in [0.5, 0.6) is 0 Å². The second kappa shape index (κ2) is 8.35. The molecule has 0 aromatic carbocycles. The lowest BCUT2D eigenvalue weighted by Crippen LogP contribution is -2.26. The van der Waals surface area contributed by atoms with Crippen LogP contribution >= 0.6 is 11.3 Å². The molecule has 8 nitrogen and oxygen atoms in total. The van der Waals surface area contributed by atoms with Crippen LogP contribution in [0.15, 0.2) is 24.4 Å². The highest BCUT2D eigenvalue weighted by Gasteiger charge is 2.28. The molecule has 0 saturated carbocycles. The van der Waals surface area contributed by atoms with E-state index in [0.717, 1.165) is 41.0 Å². The Morgan fingerprint density at radius 2 is 2.10 bits per heavy atom. The Bertz CT molecular complexity index is 1080. The Kier molecular flexibility index (Phi) is 5.63. The number of nitrogens with zero attached hydrogens (tertiary/aromatic N) is 6. The number of thiazole rings is 1. The lowest BCUT2D eigenvalue weighted by molar-refractivity contribution is -0.124. The van der Waals surface area contributed by atoms with Gasteiger partial charge in [0.05, 0.1) is 17.1 Å². The first-order chi connectivity index (χ1) is 14.4. The standard InChI is InChI=1S/C21H25N7OS/c1-13-14(2)30-21(23-13)26-19-11-18(24-15(3)25-19)16-8-10-28(12-16)20(29)6-5-17-7-9-22-27(17)4/h5-7,9,11,16H,8,10,12H2,1-4H3,(H,23,24,25,26)/b6-5+/t16-/m1/s1. The summed E-state index contributed by atoms with van der Waals surface area (Å²) in [6, 6.07) is 3.85. The van der Waals surface area contributed by atoms with Crippen LogP contribution in [0.3, 0.4) is 0 Å². The number of carbonyl (C=O) groups is 1. The van der Waals surface area contributed by atoms with Crippen molar-refractivity contribution in [2.24, 2.45) is 7.05 Å². The number of amides is 1. The molecular formula is C21H25N7OS. The van der Waals surface area contributed by atoms with Gasteiger partial charge in [-0.3, -0.25) is 9.48 Å². The van der Waals surface area contributed by atoms with E-state index in [1.807, 2.05) is 37.9 Å². The SMILES string of the molecule is Cc1nc(Nc2nc(C)c(C)s2)cc([C@@H]2CCN(C(=O)/C=C/c3ccnn3C)C2)n1. The Balaban J connectivity index is 1.44. The average molecular weight is 424 g/mol. The summed E-state index contributed by atoms with van der Waals surface area (Å²) in [7, 11) is 1.85. The van der Waals surface area contributed by atoms with E-state index in [0.29, 0.717) is 12.4 Å². The smallest absolute Gasteiger partial charge is 0.246 e. The molecule has 1 aliphatic heterocycles.